The molecular formula is C17H27ClF5N3O3. The first-order valence-electron chi connectivity index (χ1n) is 9.33. The molecule has 1 saturated heterocycles. The van der Waals surface area contributed by atoms with Crippen molar-refractivity contribution in [3.8, 4) is 0 Å². The van der Waals surface area contributed by atoms with Crippen LogP contribution in [0.2, 0.25) is 0 Å². The largest absolute Gasteiger partial charge is 0.391 e. The monoisotopic (exact) mass is 451 g/mol. The fourth-order valence-electron chi connectivity index (χ4n) is 3.11. The third-order valence-corrected chi connectivity index (χ3v) is 4.98. The van der Waals surface area contributed by atoms with E-state index >= 15 is 0 Å². The van der Waals surface area contributed by atoms with Crippen LogP contribution in [0.15, 0.2) is 0 Å². The maximum Gasteiger partial charge on any atom is 0.391 e. The minimum atomic E-state index is -4.44. The second-order valence-corrected chi connectivity index (χ2v) is 7.72. The number of hydrogen-bond acceptors (Lipinski definition) is 4. The van der Waals surface area contributed by atoms with E-state index in [1.54, 1.807) is 0 Å². The van der Waals surface area contributed by atoms with Gasteiger partial charge < -0.3 is 21.1 Å². The molecule has 12 heteroatoms. The number of carbonyl (C=O) groups excluding carboxylic acids is 2. The van der Waals surface area contributed by atoms with E-state index in [1.165, 1.54) is 0 Å². The number of piperidine rings is 1. The molecular weight excluding hydrogens is 425 g/mol. The van der Waals surface area contributed by atoms with E-state index < -0.39 is 67.3 Å². The number of aliphatic hydroxyl groups is 1. The van der Waals surface area contributed by atoms with Gasteiger partial charge in [0.15, 0.2) is 6.10 Å². The molecule has 2 amide bonds. The highest BCUT2D eigenvalue weighted by Gasteiger charge is 2.44. The first kappa shape index (κ1) is 25.8. The normalized spacial score (nSPS) is 24.8. The molecule has 2 fully saturated rings. The molecule has 0 aromatic heterocycles. The molecule has 2 rings (SSSR count). The zero-order chi connectivity index (χ0) is 21.1. The molecule has 4 N–H and O–H groups in total. The number of rotatable bonds is 8. The highest BCUT2D eigenvalue weighted by atomic mass is 35.5. The Kier molecular flexibility index (Phi) is 9.10. The first-order chi connectivity index (χ1) is 12.9. The highest BCUT2D eigenvalue weighted by molar-refractivity contribution is 5.86. The molecule has 0 radical (unpaired) electrons. The molecule has 2 unspecified atom stereocenters. The summed E-state index contributed by atoms with van der Waals surface area (Å²) in [5.74, 6) is -6.38. The Morgan fingerprint density at radius 2 is 1.79 bits per heavy atom. The van der Waals surface area contributed by atoms with Crippen molar-refractivity contribution in [3.63, 3.8) is 0 Å². The lowest BCUT2D eigenvalue weighted by Gasteiger charge is -2.32. The Morgan fingerprint density at radius 1 is 1.17 bits per heavy atom. The van der Waals surface area contributed by atoms with Gasteiger partial charge in [-0.05, 0) is 45.6 Å². The van der Waals surface area contributed by atoms with Crippen molar-refractivity contribution < 1.29 is 36.6 Å². The van der Waals surface area contributed by atoms with Gasteiger partial charge in [-0.25, -0.2) is 8.78 Å². The van der Waals surface area contributed by atoms with Crippen molar-refractivity contribution in [1.82, 2.24) is 16.0 Å². The van der Waals surface area contributed by atoms with Gasteiger partial charge in [0.2, 0.25) is 11.8 Å². The predicted octanol–water partition coefficient (Wildman–Crippen LogP) is 1.90. The number of alkyl halides is 5. The Bertz CT molecular complexity index is 569. The average Bonchev–Trinajstić information content (AvgIpc) is 3.40. The topological polar surface area (TPSA) is 90.5 Å². The van der Waals surface area contributed by atoms with Gasteiger partial charge in [-0.15, -0.1) is 12.4 Å². The summed E-state index contributed by atoms with van der Waals surface area (Å²) in [5.41, 5.74) is 0. The Morgan fingerprint density at radius 3 is 2.31 bits per heavy atom. The fourth-order valence-corrected chi connectivity index (χ4v) is 3.11. The summed E-state index contributed by atoms with van der Waals surface area (Å²) in [5, 5.41) is 17.7. The standard InChI is InChI=1S/C17H26F5N3O3.ClH/c1-16(18,19)6-4-11(13(26)15(28)24-10-2-3-10)25-14(27)12-8-9(5-7-23-12)17(20,21)22;/h9-13,23,26H,2-8H2,1H3,(H,24,28)(H,25,27);1H/t9?,11-,12?,13-;/m0./s1. The zero-order valence-electron chi connectivity index (χ0n) is 15.9. The van der Waals surface area contributed by atoms with E-state index in [4.69, 9.17) is 0 Å². The van der Waals surface area contributed by atoms with E-state index in [0.717, 1.165) is 12.8 Å². The van der Waals surface area contributed by atoms with E-state index in [1.807, 2.05) is 0 Å². The van der Waals surface area contributed by atoms with Crippen LogP contribution >= 0.6 is 12.4 Å². The van der Waals surface area contributed by atoms with Gasteiger partial charge in [0.1, 0.15) is 0 Å². The van der Waals surface area contributed by atoms with Crippen LogP contribution in [0.4, 0.5) is 22.0 Å². The minimum absolute atomic E-state index is 0. The number of hydrogen-bond donors (Lipinski definition) is 4. The fraction of sp³-hybridized carbons (Fsp3) is 0.882. The van der Waals surface area contributed by atoms with E-state index in [9.17, 15) is 36.6 Å². The molecule has 170 valence electrons. The second kappa shape index (κ2) is 10.2. The maximum atomic E-state index is 13.2. The number of nitrogens with one attached hydrogen (secondary N) is 3. The first-order valence-corrected chi connectivity index (χ1v) is 9.33. The summed E-state index contributed by atoms with van der Waals surface area (Å²) in [6.07, 6.45) is -6.47. The molecule has 1 saturated carbocycles. The summed E-state index contributed by atoms with van der Waals surface area (Å²) in [4.78, 5) is 24.4. The Labute approximate surface area is 171 Å². The molecule has 29 heavy (non-hydrogen) atoms. The van der Waals surface area contributed by atoms with Crippen molar-refractivity contribution >= 4 is 24.2 Å². The number of halogens is 6. The van der Waals surface area contributed by atoms with Crippen LogP contribution in [0.3, 0.4) is 0 Å². The lowest BCUT2D eigenvalue weighted by atomic mass is 9.91. The predicted molar refractivity (Wildman–Crippen MR) is 96.8 cm³/mol. The third-order valence-electron chi connectivity index (χ3n) is 4.98. The smallest absolute Gasteiger partial charge is 0.381 e. The van der Waals surface area contributed by atoms with Crippen molar-refractivity contribution in [2.75, 3.05) is 6.54 Å². The van der Waals surface area contributed by atoms with Gasteiger partial charge >= 0.3 is 6.18 Å². The van der Waals surface area contributed by atoms with Crippen LogP contribution in [-0.4, -0.2) is 59.8 Å². The molecule has 0 aromatic rings. The van der Waals surface area contributed by atoms with Crippen molar-refractivity contribution in [2.24, 2.45) is 5.92 Å². The summed E-state index contributed by atoms with van der Waals surface area (Å²) >= 11 is 0. The molecule has 1 aliphatic carbocycles. The Hall–Kier alpha value is -1.20. The van der Waals surface area contributed by atoms with Crippen LogP contribution in [-0.2, 0) is 9.59 Å². The van der Waals surface area contributed by atoms with Gasteiger partial charge in [-0.1, -0.05) is 0 Å². The van der Waals surface area contributed by atoms with Crippen LogP contribution < -0.4 is 16.0 Å². The Balaban J connectivity index is 0.00000420. The van der Waals surface area contributed by atoms with Crippen molar-refractivity contribution in [3.05, 3.63) is 0 Å². The van der Waals surface area contributed by atoms with Crippen LogP contribution in [0, 0.1) is 5.92 Å². The van der Waals surface area contributed by atoms with Gasteiger partial charge in [0.25, 0.3) is 5.91 Å². The third kappa shape index (κ3) is 8.59. The lowest BCUT2D eigenvalue weighted by molar-refractivity contribution is -0.183. The van der Waals surface area contributed by atoms with Crippen molar-refractivity contribution in [1.29, 1.82) is 0 Å². The maximum absolute atomic E-state index is 13.2. The van der Waals surface area contributed by atoms with Crippen molar-refractivity contribution in [2.45, 2.75) is 81.8 Å². The average molecular weight is 452 g/mol. The summed E-state index contributed by atoms with van der Waals surface area (Å²) < 4.78 is 65.2. The molecule has 1 aliphatic heterocycles. The number of carbonyl (C=O) groups is 2. The van der Waals surface area contributed by atoms with E-state index in [-0.39, 0.29) is 31.4 Å². The molecule has 0 aromatic carbocycles. The lowest BCUT2D eigenvalue weighted by Crippen LogP contribution is -2.57. The van der Waals surface area contributed by atoms with Gasteiger partial charge in [-0.2, -0.15) is 13.2 Å². The molecule has 2 aliphatic rings. The minimum Gasteiger partial charge on any atom is -0.381 e. The van der Waals surface area contributed by atoms with Gasteiger partial charge in [0, 0.05) is 12.5 Å². The van der Waals surface area contributed by atoms with Crippen LogP contribution in [0.25, 0.3) is 0 Å². The highest BCUT2D eigenvalue weighted by Crippen LogP contribution is 2.34. The molecule has 1 heterocycles. The number of aliphatic hydroxyl groups excluding tert-OH is 1. The van der Waals surface area contributed by atoms with Crippen LogP contribution in [0.5, 0.6) is 0 Å². The van der Waals surface area contributed by atoms with E-state index in [0.29, 0.717) is 6.92 Å². The summed E-state index contributed by atoms with van der Waals surface area (Å²) in [6, 6.07) is -2.59. The molecule has 6 nitrogen and oxygen atoms in total. The molecule has 4 atom stereocenters. The van der Waals surface area contributed by atoms with E-state index in [2.05, 4.69) is 16.0 Å². The number of amides is 2. The zero-order valence-corrected chi connectivity index (χ0v) is 16.7. The SMILES string of the molecule is CC(F)(F)CC[C@H](NC(=O)C1CC(C(F)(F)F)CCN1)[C@H](O)C(=O)NC1CC1.Cl. The van der Waals surface area contributed by atoms with Crippen LogP contribution in [0.1, 0.15) is 45.4 Å². The van der Waals surface area contributed by atoms with Gasteiger partial charge in [0.05, 0.1) is 18.0 Å². The molecule has 0 spiro atoms. The summed E-state index contributed by atoms with van der Waals surface area (Å²) in [7, 11) is 0. The second-order valence-electron chi connectivity index (χ2n) is 7.72. The quantitative estimate of drug-likeness (QED) is 0.424. The summed E-state index contributed by atoms with van der Waals surface area (Å²) in [6.45, 7) is 0.643. The molecule has 0 bridgehead atoms. The van der Waals surface area contributed by atoms with Gasteiger partial charge in [-0.3, -0.25) is 9.59 Å².